The lowest BCUT2D eigenvalue weighted by Crippen LogP contribution is -2.49. The Balaban J connectivity index is 1.31. The van der Waals surface area contributed by atoms with Crippen LogP contribution in [0.2, 0.25) is 0 Å². The van der Waals surface area contributed by atoms with Crippen LogP contribution >= 0.6 is 0 Å². The van der Waals surface area contributed by atoms with Crippen molar-refractivity contribution in [2.45, 2.75) is 63.3 Å². The van der Waals surface area contributed by atoms with E-state index in [9.17, 15) is 4.79 Å². The van der Waals surface area contributed by atoms with Crippen molar-refractivity contribution in [2.24, 2.45) is 5.92 Å². The van der Waals surface area contributed by atoms with Crippen LogP contribution in [-0.2, 0) is 4.79 Å². The van der Waals surface area contributed by atoms with Crippen molar-refractivity contribution in [3.05, 3.63) is 12.2 Å². The first kappa shape index (κ1) is 16.1. The molecule has 1 saturated carbocycles. The maximum Gasteiger partial charge on any atom is 0.226 e. The second-order valence-electron chi connectivity index (χ2n) is 7.74. The van der Waals surface area contributed by atoms with Crippen molar-refractivity contribution in [3.8, 4) is 0 Å². The van der Waals surface area contributed by atoms with E-state index >= 15 is 0 Å². The molecule has 0 radical (unpaired) electrons. The number of rotatable bonds is 3. The van der Waals surface area contributed by atoms with Gasteiger partial charge in [-0.2, -0.15) is 5.10 Å². The minimum atomic E-state index is 0.223. The maximum atomic E-state index is 13.0. The van der Waals surface area contributed by atoms with Gasteiger partial charge in [0.15, 0.2) is 0 Å². The number of piperidine rings is 2. The second kappa shape index (κ2) is 7.21. The third-order valence-corrected chi connectivity index (χ3v) is 6.27. The average Bonchev–Trinajstić information content (AvgIpc) is 3.35. The fourth-order valence-corrected chi connectivity index (χ4v) is 4.85. The number of nitrogens with zero attached hydrogens (tertiary/aromatic N) is 4. The van der Waals surface area contributed by atoms with Gasteiger partial charge < -0.3 is 4.90 Å². The molecular weight excluding hydrogens is 302 g/mol. The summed E-state index contributed by atoms with van der Waals surface area (Å²) in [6.07, 6.45) is 11.2. The minimum Gasteiger partial charge on any atom is -0.342 e. The molecule has 1 unspecified atom stereocenters. The van der Waals surface area contributed by atoms with E-state index in [2.05, 4.69) is 25.0 Å². The molecule has 0 bridgehead atoms. The first-order chi connectivity index (χ1) is 11.8. The quantitative estimate of drug-likeness (QED) is 0.922. The van der Waals surface area contributed by atoms with Gasteiger partial charge in [-0.25, -0.2) is 4.98 Å². The number of amides is 1. The van der Waals surface area contributed by atoms with Crippen LogP contribution in [0.1, 0.15) is 63.1 Å². The van der Waals surface area contributed by atoms with Crippen LogP contribution in [0, 0.1) is 5.92 Å². The Morgan fingerprint density at radius 1 is 1.04 bits per heavy atom. The number of H-pyrrole nitrogens is 1. The molecule has 2 saturated heterocycles. The van der Waals surface area contributed by atoms with Gasteiger partial charge in [0.1, 0.15) is 12.2 Å². The summed E-state index contributed by atoms with van der Waals surface area (Å²) in [5, 5.41) is 6.93. The molecule has 0 aromatic carbocycles. The number of likely N-dealkylation sites (tertiary alicyclic amines) is 2. The van der Waals surface area contributed by atoms with Gasteiger partial charge in [0.2, 0.25) is 5.91 Å². The van der Waals surface area contributed by atoms with Gasteiger partial charge in [-0.1, -0.05) is 12.8 Å². The lowest BCUT2D eigenvalue weighted by atomic mass is 9.92. The van der Waals surface area contributed by atoms with Gasteiger partial charge in [0.25, 0.3) is 0 Å². The van der Waals surface area contributed by atoms with Crippen molar-refractivity contribution in [1.29, 1.82) is 0 Å². The molecule has 3 heterocycles. The van der Waals surface area contributed by atoms with Crippen LogP contribution < -0.4 is 0 Å². The van der Waals surface area contributed by atoms with Crippen molar-refractivity contribution in [3.63, 3.8) is 0 Å². The number of nitrogens with one attached hydrogen (secondary N) is 1. The predicted molar refractivity (Wildman–Crippen MR) is 91.5 cm³/mol. The number of aromatic nitrogens is 3. The molecule has 4 rings (SSSR count). The van der Waals surface area contributed by atoms with Crippen molar-refractivity contribution in [1.82, 2.24) is 25.0 Å². The number of carbonyl (C=O) groups is 1. The van der Waals surface area contributed by atoms with E-state index in [1.54, 1.807) is 6.33 Å². The van der Waals surface area contributed by atoms with Gasteiger partial charge in [0, 0.05) is 31.6 Å². The second-order valence-corrected chi connectivity index (χ2v) is 7.74. The van der Waals surface area contributed by atoms with Gasteiger partial charge in [-0.15, -0.1) is 0 Å². The Morgan fingerprint density at radius 3 is 2.54 bits per heavy atom. The summed E-state index contributed by atoms with van der Waals surface area (Å²) in [4.78, 5) is 22.0. The Kier molecular flexibility index (Phi) is 4.83. The summed E-state index contributed by atoms with van der Waals surface area (Å²) < 4.78 is 0. The zero-order valence-corrected chi connectivity index (χ0v) is 14.5. The monoisotopic (exact) mass is 331 g/mol. The summed E-state index contributed by atoms with van der Waals surface area (Å²) >= 11 is 0. The molecular formula is C18H29N5O. The molecule has 1 amide bonds. The van der Waals surface area contributed by atoms with Gasteiger partial charge in [-0.05, 0) is 45.1 Å². The molecule has 1 aliphatic carbocycles. The van der Waals surface area contributed by atoms with E-state index in [-0.39, 0.29) is 5.92 Å². The van der Waals surface area contributed by atoms with E-state index in [0.717, 1.165) is 50.8 Å². The largest absolute Gasteiger partial charge is 0.342 e. The van der Waals surface area contributed by atoms with E-state index in [1.807, 2.05) is 0 Å². The Labute approximate surface area is 144 Å². The van der Waals surface area contributed by atoms with Crippen LogP contribution in [0.4, 0.5) is 0 Å². The fraction of sp³-hybridized carbons (Fsp3) is 0.833. The molecule has 1 N–H and O–H groups in total. The third kappa shape index (κ3) is 3.34. The van der Waals surface area contributed by atoms with E-state index in [0.29, 0.717) is 11.8 Å². The Morgan fingerprint density at radius 2 is 1.83 bits per heavy atom. The standard InChI is InChI=1S/C18H29N5O/c24-18(15-4-3-9-23(12-15)16-5-1-2-6-16)22-10-7-14(8-11-22)17-19-13-20-21-17/h13-16H,1-12H2,(H,19,20,21). The van der Waals surface area contributed by atoms with Crippen molar-refractivity contribution < 1.29 is 4.79 Å². The van der Waals surface area contributed by atoms with Gasteiger partial charge >= 0.3 is 0 Å². The van der Waals surface area contributed by atoms with E-state index in [4.69, 9.17) is 0 Å². The highest BCUT2D eigenvalue weighted by atomic mass is 16.2. The van der Waals surface area contributed by atoms with Crippen LogP contribution in [0.15, 0.2) is 6.33 Å². The molecule has 1 atom stereocenters. The molecule has 1 aromatic rings. The van der Waals surface area contributed by atoms with Crippen LogP contribution in [-0.4, -0.2) is 63.1 Å². The highest BCUT2D eigenvalue weighted by Crippen LogP contribution is 2.30. The molecule has 3 fully saturated rings. The fourth-order valence-electron chi connectivity index (χ4n) is 4.85. The minimum absolute atomic E-state index is 0.223. The molecule has 132 valence electrons. The molecule has 6 heteroatoms. The van der Waals surface area contributed by atoms with Crippen LogP contribution in [0.25, 0.3) is 0 Å². The molecule has 3 aliphatic rings. The van der Waals surface area contributed by atoms with E-state index < -0.39 is 0 Å². The number of hydrogen-bond donors (Lipinski definition) is 1. The lowest BCUT2D eigenvalue weighted by Gasteiger charge is -2.39. The van der Waals surface area contributed by atoms with E-state index in [1.165, 1.54) is 38.6 Å². The Bertz CT molecular complexity index is 532. The summed E-state index contributed by atoms with van der Waals surface area (Å²) in [6.45, 7) is 3.92. The third-order valence-electron chi connectivity index (χ3n) is 6.27. The van der Waals surface area contributed by atoms with Crippen molar-refractivity contribution in [2.75, 3.05) is 26.2 Å². The van der Waals surface area contributed by atoms with Crippen molar-refractivity contribution >= 4 is 5.91 Å². The zero-order chi connectivity index (χ0) is 16.4. The smallest absolute Gasteiger partial charge is 0.226 e. The number of carbonyl (C=O) groups excluding carboxylic acids is 1. The average molecular weight is 331 g/mol. The van der Waals surface area contributed by atoms with Crippen LogP contribution in [0.3, 0.4) is 0 Å². The molecule has 0 spiro atoms. The molecule has 6 nitrogen and oxygen atoms in total. The predicted octanol–water partition coefficient (Wildman–Crippen LogP) is 2.17. The SMILES string of the molecule is O=C(C1CCCN(C2CCCC2)C1)N1CCC(c2ncn[nH]2)CC1. The first-order valence-corrected chi connectivity index (χ1v) is 9.69. The molecule has 2 aliphatic heterocycles. The first-order valence-electron chi connectivity index (χ1n) is 9.69. The van der Waals surface area contributed by atoms with Gasteiger partial charge in [0.05, 0.1) is 5.92 Å². The lowest BCUT2D eigenvalue weighted by molar-refractivity contribution is -0.138. The summed E-state index contributed by atoms with van der Waals surface area (Å²) in [5.74, 6) is 2.03. The topological polar surface area (TPSA) is 65.1 Å². The summed E-state index contributed by atoms with van der Waals surface area (Å²) in [7, 11) is 0. The normalized spacial score (nSPS) is 27.7. The highest BCUT2D eigenvalue weighted by molar-refractivity contribution is 5.79. The molecule has 24 heavy (non-hydrogen) atoms. The zero-order valence-electron chi connectivity index (χ0n) is 14.5. The number of aromatic amines is 1. The van der Waals surface area contributed by atoms with Crippen LogP contribution in [0.5, 0.6) is 0 Å². The highest BCUT2D eigenvalue weighted by Gasteiger charge is 2.34. The van der Waals surface area contributed by atoms with Gasteiger partial charge in [-0.3, -0.25) is 14.8 Å². The maximum absolute atomic E-state index is 13.0. The number of hydrogen-bond acceptors (Lipinski definition) is 4. The molecule has 1 aromatic heterocycles. The Hall–Kier alpha value is -1.43. The summed E-state index contributed by atoms with van der Waals surface area (Å²) in [5.41, 5.74) is 0. The summed E-state index contributed by atoms with van der Waals surface area (Å²) in [6, 6.07) is 0.748.